The summed E-state index contributed by atoms with van der Waals surface area (Å²) in [6, 6.07) is 3.81. The van der Waals surface area contributed by atoms with Crippen LogP contribution in [0.5, 0.6) is 5.75 Å². The molecule has 0 unspecified atom stereocenters. The average Bonchev–Trinajstić information content (AvgIpc) is 3.05. The molecule has 1 saturated heterocycles. The maximum absolute atomic E-state index is 12.5. The molecule has 7 heteroatoms. The fraction of sp³-hybridized carbons (Fsp3) is 0.526. The van der Waals surface area contributed by atoms with Gasteiger partial charge in [0.2, 0.25) is 0 Å². The third-order valence-electron chi connectivity index (χ3n) is 4.77. The molecule has 0 saturated carbocycles. The van der Waals surface area contributed by atoms with Crippen LogP contribution in [0.1, 0.15) is 24.1 Å². The van der Waals surface area contributed by atoms with E-state index >= 15 is 0 Å². The van der Waals surface area contributed by atoms with Crippen molar-refractivity contribution in [2.45, 2.75) is 26.8 Å². The number of hydrogen-bond acceptors (Lipinski definition) is 5. The molecule has 1 aliphatic rings. The summed E-state index contributed by atoms with van der Waals surface area (Å²) >= 11 is 0. The molecule has 1 amide bonds. The summed E-state index contributed by atoms with van der Waals surface area (Å²) in [4.78, 5) is 25.5. The van der Waals surface area contributed by atoms with Crippen molar-refractivity contribution in [1.82, 2.24) is 24.3 Å². The van der Waals surface area contributed by atoms with Crippen LogP contribution < -0.4 is 4.74 Å². The van der Waals surface area contributed by atoms with Crippen LogP contribution in [0.25, 0.3) is 0 Å². The first-order valence-corrected chi connectivity index (χ1v) is 9.12. The zero-order valence-corrected chi connectivity index (χ0v) is 15.8. The highest BCUT2D eigenvalue weighted by Gasteiger charge is 2.22. The number of ether oxygens (including phenoxy) is 1. The number of amides is 1. The Morgan fingerprint density at radius 3 is 2.65 bits per heavy atom. The number of rotatable bonds is 6. The summed E-state index contributed by atoms with van der Waals surface area (Å²) in [7, 11) is 2.00. The summed E-state index contributed by atoms with van der Waals surface area (Å²) < 4.78 is 7.78. The van der Waals surface area contributed by atoms with E-state index in [-0.39, 0.29) is 12.5 Å². The predicted octanol–water partition coefficient (Wildman–Crippen LogP) is 1.41. The van der Waals surface area contributed by atoms with Crippen LogP contribution in [0, 0.1) is 6.92 Å². The molecule has 0 aromatic carbocycles. The Morgan fingerprint density at radius 1 is 1.23 bits per heavy atom. The molecule has 7 nitrogen and oxygen atoms in total. The van der Waals surface area contributed by atoms with E-state index in [1.807, 2.05) is 54.9 Å². The van der Waals surface area contributed by atoms with Gasteiger partial charge in [-0.3, -0.25) is 14.7 Å². The van der Waals surface area contributed by atoms with E-state index in [4.69, 9.17) is 4.74 Å². The molecule has 0 spiro atoms. The molecular weight excluding hydrogens is 330 g/mol. The van der Waals surface area contributed by atoms with Crippen LogP contribution >= 0.6 is 0 Å². The second-order valence-electron chi connectivity index (χ2n) is 6.65. The Bertz CT molecular complexity index is 750. The van der Waals surface area contributed by atoms with Crippen molar-refractivity contribution in [3.8, 4) is 5.75 Å². The summed E-state index contributed by atoms with van der Waals surface area (Å²) in [6.07, 6.45) is 4.56. The number of aryl methyl sites for hydroxylation is 3. The second-order valence-corrected chi connectivity index (χ2v) is 6.65. The molecular formula is C19H27N5O2. The molecule has 0 N–H and O–H groups in total. The topological polar surface area (TPSA) is 63.5 Å². The summed E-state index contributed by atoms with van der Waals surface area (Å²) in [6.45, 7) is 8.03. The van der Waals surface area contributed by atoms with E-state index in [9.17, 15) is 4.79 Å². The molecule has 0 radical (unpaired) electrons. The van der Waals surface area contributed by atoms with Gasteiger partial charge >= 0.3 is 0 Å². The monoisotopic (exact) mass is 357 g/mol. The van der Waals surface area contributed by atoms with Crippen LogP contribution in [0.3, 0.4) is 0 Å². The number of carbonyl (C=O) groups excluding carboxylic acids is 1. The number of hydrogen-bond donors (Lipinski definition) is 0. The molecule has 3 heterocycles. The number of nitrogens with zero attached hydrogens (tertiary/aromatic N) is 5. The van der Waals surface area contributed by atoms with Crippen molar-refractivity contribution in [3.05, 3.63) is 41.7 Å². The van der Waals surface area contributed by atoms with Gasteiger partial charge in [-0.15, -0.1) is 0 Å². The lowest BCUT2D eigenvalue weighted by Crippen LogP contribution is -2.49. The SMILES string of the molecule is CCc1nc(C)ccc1OCC(=O)N1CCN(Cc2nccn2C)CC1. The van der Waals surface area contributed by atoms with E-state index in [1.54, 1.807) is 0 Å². The van der Waals surface area contributed by atoms with E-state index in [2.05, 4.69) is 14.9 Å². The maximum atomic E-state index is 12.5. The number of carbonyl (C=O) groups is 1. The highest BCUT2D eigenvalue weighted by molar-refractivity contribution is 5.77. The number of imidazole rings is 1. The van der Waals surface area contributed by atoms with Crippen molar-refractivity contribution >= 4 is 5.91 Å². The van der Waals surface area contributed by atoms with Gasteiger partial charge in [0, 0.05) is 51.3 Å². The minimum absolute atomic E-state index is 0.0317. The standard InChI is InChI=1S/C19H27N5O2/c1-4-16-17(6-5-15(2)21-16)26-14-19(25)24-11-9-23(10-12-24)13-18-20-7-8-22(18)3/h5-8H,4,9-14H2,1-3H3. The Kier molecular flexibility index (Phi) is 5.88. The third-order valence-corrected chi connectivity index (χ3v) is 4.77. The van der Waals surface area contributed by atoms with Gasteiger partial charge < -0.3 is 14.2 Å². The fourth-order valence-corrected chi connectivity index (χ4v) is 3.12. The smallest absolute Gasteiger partial charge is 0.260 e. The van der Waals surface area contributed by atoms with Gasteiger partial charge in [-0.05, 0) is 25.5 Å². The first kappa shape index (κ1) is 18.4. The number of aromatic nitrogens is 3. The molecule has 3 rings (SSSR count). The Balaban J connectivity index is 1.47. The van der Waals surface area contributed by atoms with E-state index in [0.29, 0.717) is 5.75 Å². The van der Waals surface area contributed by atoms with E-state index < -0.39 is 0 Å². The van der Waals surface area contributed by atoms with Gasteiger partial charge in [-0.2, -0.15) is 0 Å². The normalized spacial score (nSPS) is 15.3. The zero-order chi connectivity index (χ0) is 18.5. The van der Waals surface area contributed by atoms with Crippen LogP contribution in [-0.4, -0.2) is 63.0 Å². The summed E-state index contributed by atoms with van der Waals surface area (Å²) in [5.41, 5.74) is 1.86. The van der Waals surface area contributed by atoms with Crippen molar-refractivity contribution in [2.75, 3.05) is 32.8 Å². The maximum Gasteiger partial charge on any atom is 0.260 e. The fourth-order valence-electron chi connectivity index (χ4n) is 3.12. The number of pyridine rings is 1. The molecule has 26 heavy (non-hydrogen) atoms. The minimum Gasteiger partial charge on any atom is -0.482 e. The van der Waals surface area contributed by atoms with Gasteiger partial charge in [0.15, 0.2) is 6.61 Å². The summed E-state index contributed by atoms with van der Waals surface area (Å²) in [5.74, 6) is 1.79. The van der Waals surface area contributed by atoms with Crippen molar-refractivity contribution in [2.24, 2.45) is 7.05 Å². The molecule has 1 aliphatic heterocycles. The predicted molar refractivity (Wildman–Crippen MR) is 98.9 cm³/mol. The number of piperazine rings is 1. The lowest BCUT2D eigenvalue weighted by molar-refractivity contribution is -0.135. The Labute approximate surface area is 154 Å². The largest absolute Gasteiger partial charge is 0.482 e. The van der Waals surface area contributed by atoms with Gasteiger partial charge in [-0.1, -0.05) is 6.92 Å². The van der Waals surface area contributed by atoms with Crippen LogP contribution in [0.2, 0.25) is 0 Å². The first-order chi connectivity index (χ1) is 12.6. The van der Waals surface area contributed by atoms with Crippen molar-refractivity contribution in [1.29, 1.82) is 0 Å². The third kappa shape index (κ3) is 4.40. The van der Waals surface area contributed by atoms with E-state index in [0.717, 1.165) is 56.4 Å². The quantitative estimate of drug-likeness (QED) is 0.782. The van der Waals surface area contributed by atoms with Gasteiger partial charge in [-0.25, -0.2) is 4.98 Å². The molecule has 0 atom stereocenters. The Hall–Kier alpha value is -2.41. The second kappa shape index (κ2) is 8.31. The van der Waals surface area contributed by atoms with Gasteiger partial charge in [0.1, 0.15) is 11.6 Å². The molecule has 1 fully saturated rings. The zero-order valence-electron chi connectivity index (χ0n) is 15.8. The molecule has 140 valence electrons. The molecule has 2 aromatic rings. The average molecular weight is 357 g/mol. The van der Waals surface area contributed by atoms with Crippen LogP contribution in [0.4, 0.5) is 0 Å². The first-order valence-electron chi connectivity index (χ1n) is 9.12. The highest BCUT2D eigenvalue weighted by atomic mass is 16.5. The highest BCUT2D eigenvalue weighted by Crippen LogP contribution is 2.17. The lowest BCUT2D eigenvalue weighted by atomic mass is 10.2. The van der Waals surface area contributed by atoms with Gasteiger partial charge in [0.05, 0.1) is 12.2 Å². The molecule has 2 aromatic heterocycles. The van der Waals surface area contributed by atoms with Crippen molar-refractivity contribution in [3.63, 3.8) is 0 Å². The minimum atomic E-state index is 0.0317. The Morgan fingerprint density at radius 2 is 2.00 bits per heavy atom. The van der Waals surface area contributed by atoms with Crippen LogP contribution in [0.15, 0.2) is 24.5 Å². The van der Waals surface area contributed by atoms with Crippen LogP contribution in [-0.2, 0) is 24.8 Å². The summed E-state index contributed by atoms with van der Waals surface area (Å²) in [5, 5.41) is 0. The molecule has 0 bridgehead atoms. The van der Waals surface area contributed by atoms with Gasteiger partial charge in [0.25, 0.3) is 5.91 Å². The molecule has 0 aliphatic carbocycles. The van der Waals surface area contributed by atoms with Crippen molar-refractivity contribution < 1.29 is 9.53 Å². The van der Waals surface area contributed by atoms with E-state index in [1.165, 1.54) is 0 Å². The lowest BCUT2D eigenvalue weighted by Gasteiger charge is -2.34.